The van der Waals surface area contributed by atoms with Crippen molar-refractivity contribution in [2.45, 2.75) is 31.8 Å². The lowest BCUT2D eigenvalue weighted by atomic mass is 9.84. The molecule has 4 heteroatoms. The van der Waals surface area contributed by atoms with Crippen molar-refractivity contribution in [2.24, 2.45) is 5.92 Å². The standard InChI is InChI=1S/C17H27N3O/c1-19-8-3-4-13-11-20(9-7-17(13)19)12-14-10-15(21-2)5-6-16(14)18/h5-6,10,13,17H,3-4,7-9,11-12,18H2,1-2H3. The van der Waals surface area contributed by atoms with Crippen molar-refractivity contribution in [1.82, 2.24) is 9.80 Å². The van der Waals surface area contributed by atoms with E-state index < -0.39 is 0 Å². The second-order valence-electron chi connectivity index (χ2n) is 6.54. The average molecular weight is 289 g/mol. The highest BCUT2D eigenvalue weighted by Gasteiger charge is 2.34. The van der Waals surface area contributed by atoms with E-state index in [1.807, 2.05) is 12.1 Å². The molecule has 116 valence electrons. The largest absolute Gasteiger partial charge is 0.497 e. The van der Waals surface area contributed by atoms with Gasteiger partial charge in [0.2, 0.25) is 0 Å². The van der Waals surface area contributed by atoms with Crippen molar-refractivity contribution in [3.8, 4) is 5.75 Å². The van der Waals surface area contributed by atoms with Crippen LogP contribution >= 0.6 is 0 Å². The number of anilines is 1. The summed E-state index contributed by atoms with van der Waals surface area (Å²) < 4.78 is 5.32. The number of ether oxygens (including phenoxy) is 1. The second kappa shape index (κ2) is 6.24. The highest BCUT2D eigenvalue weighted by atomic mass is 16.5. The molecule has 2 atom stereocenters. The van der Waals surface area contributed by atoms with Crippen LogP contribution in [0.15, 0.2) is 18.2 Å². The van der Waals surface area contributed by atoms with Crippen molar-refractivity contribution in [1.29, 1.82) is 0 Å². The molecule has 3 rings (SSSR count). The van der Waals surface area contributed by atoms with Gasteiger partial charge in [-0.3, -0.25) is 4.90 Å². The fourth-order valence-electron chi connectivity index (χ4n) is 3.96. The van der Waals surface area contributed by atoms with Gasteiger partial charge in [0.05, 0.1) is 7.11 Å². The number of methoxy groups -OCH3 is 1. The smallest absolute Gasteiger partial charge is 0.119 e. The summed E-state index contributed by atoms with van der Waals surface area (Å²) in [7, 11) is 3.99. The minimum Gasteiger partial charge on any atom is -0.497 e. The second-order valence-corrected chi connectivity index (χ2v) is 6.54. The van der Waals surface area contributed by atoms with Crippen LogP contribution in [0.4, 0.5) is 5.69 Å². The lowest BCUT2D eigenvalue weighted by Crippen LogP contribution is -2.52. The molecular formula is C17H27N3O. The fraction of sp³-hybridized carbons (Fsp3) is 0.647. The van der Waals surface area contributed by atoms with Crippen molar-refractivity contribution in [2.75, 3.05) is 39.5 Å². The molecule has 0 spiro atoms. The molecule has 2 N–H and O–H groups in total. The van der Waals surface area contributed by atoms with Crippen LogP contribution in [-0.4, -0.2) is 49.6 Å². The number of likely N-dealkylation sites (tertiary alicyclic amines) is 2. The molecule has 0 saturated carbocycles. The van der Waals surface area contributed by atoms with Gasteiger partial charge in [0.1, 0.15) is 5.75 Å². The number of piperidine rings is 2. The fourth-order valence-corrected chi connectivity index (χ4v) is 3.96. The Labute approximate surface area is 127 Å². The predicted octanol–water partition coefficient (Wildman–Crippen LogP) is 2.19. The third-order valence-corrected chi connectivity index (χ3v) is 5.17. The summed E-state index contributed by atoms with van der Waals surface area (Å²) in [6.07, 6.45) is 4.00. The lowest BCUT2D eigenvalue weighted by Gasteiger charge is -2.46. The van der Waals surface area contributed by atoms with Crippen LogP contribution in [0.5, 0.6) is 5.75 Å². The molecule has 0 amide bonds. The molecule has 1 aromatic carbocycles. The molecule has 2 saturated heterocycles. The first-order valence-corrected chi connectivity index (χ1v) is 8.02. The van der Waals surface area contributed by atoms with E-state index in [9.17, 15) is 0 Å². The van der Waals surface area contributed by atoms with Gasteiger partial charge < -0.3 is 15.4 Å². The van der Waals surface area contributed by atoms with Crippen molar-refractivity contribution in [3.05, 3.63) is 23.8 Å². The summed E-state index contributed by atoms with van der Waals surface area (Å²) in [5, 5.41) is 0. The maximum Gasteiger partial charge on any atom is 0.119 e. The number of fused-ring (bicyclic) bond motifs is 1. The maximum absolute atomic E-state index is 6.12. The Hall–Kier alpha value is -1.26. The molecule has 21 heavy (non-hydrogen) atoms. The van der Waals surface area contributed by atoms with E-state index in [1.165, 1.54) is 44.5 Å². The first kappa shape index (κ1) is 14.7. The number of hydrogen-bond donors (Lipinski definition) is 1. The zero-order valence-electron chi connectivity index (χ0n) is 13.2. The highest BCUT2D eigenvalue weighted by molar-refractivity contribution is 5.50. The summed E-state index contributed by atoms with van der Waals surface area (Å²) in [6, 6.07) is 6.75. The van der Waals surface area contributed by atoms with Gasteiger partial charge in [0.15, 0.2) is 0 Å². The lowest BCUT2D eigenvalue weighted by molar-refractivity contribution is 0.0355. The quantitative estimate of drug-likeness (QED) is 0.866. The molecule has 0 radical (unpaired) electrons. The Balaban J connectivity index is 1.66. The molecule has 2 fully saturated rings. The predicted molar refractivity (Wildman–Crippen MR) is 86.4 cm³/mol. The first-order chi connectivity index (χ1) is 10.2. The number of hydrogen-bond acceptors (Lipinski definition) is 4. The van der Waals surface area contributed by atoms with Gasteiger partial charge in [-0.1, -0.05) is 0 Å². The van der Waals surface area contributed by atoms with Crippen LogP contribution in [0.25, 0.3) is 0 Å². The number of rotatable bonds is 3. The Bertz CT molecular complexity index is 491. The molecule has 4 nitrogen and oxygen atoms in total. The first-order valence-electron chi connectivity index (χ1n) is 8.02. The number of nitrogens with two attached hydrogens (primary N) is 1. The summed E-state index contributed by atoms with van der Waals surface area (Å²) in [6.45, 7) is 4.58. The van der Waals surface area contributed by atoms with Gasteiger partial charge in [0, 0.05) is 24.8 Å². The van der Waals surface area contributed by atoms with Gasteiger partial charge in [-0.2, -0.15) is 0 Å². The van der Waals surface area contributed by atoms with E-state index in [0.717, 1.165) is 29.9 Å². The summed E-state index contributed by atoms with van der Waals surface area (Å²) >= 11 is 0. The van der Waals surface area contributed by atoms with Crippen molar-refractivity contribution < 1.29 is 4.74 Å². The SMILES string of the molecule is COc1ccc(N)c(CN2CCC3C(CCCN3C)C2)c1. The molecule has 0 aliphatic carbocycles. The summed E-state index contributed by atoms with van der Waals surface area (Å²) in [5.74, 6) is 1.72. The van der Waals surface area contributed by atoms with Gasteiger partial charge >= 0.3 is 0 Å². The van der Waals surface area contributed by atoms with E-state index in [2.05, 4.69) is 22.9 Å². The van der Waals surface area contributed by atoms with Crippen LogP contribution in [-0.2, 0) is 6.54 Å². The average Bonchev–Trinajstić information content (AvgIpc) is 2.50. The molecule has 2 heterocycles. The molecule has 0 bridgehead atoms. The number of nitrogen functional groups attached to an aromatic ring is 1. The zero-order valence-corrected chi connectivity index (χ0v) is 13.2. The minimum absolute atomic E-state index is 0.789. The maximum atomic E-state index is 6.12. The van der Waals surface area contributed by atoms with Crippen LogP contribution < -0.4 is 10.5 Å². The Morgan fingerprint density at radius 3 is 2.95 bits per heavy atom. The third kappa shape index (κ3) is 3.16. The number of nitrogens with zero attached hydrogens (tertiary/aromatic N) is 2. The van der Waals surface area contributed by atoms with Crippen LogP contribution in [0.3, 0.4) is 0 Å². The summed E-state index contributed by atoms with van der Waals surface area (Å²) in [5.41, 5.74) is 8.19. The van der Waals surface area contributed by atoms with Crippen LogP contribution in [0.2, 0.25) is 0 Å². The summed E-state index contributed by atoms with van der Waals surface area (Å²) in [4.78, 5) is 5.12. The Kier molecular flexibility index (Phi) is 4.36. The normalized spacial score (nSPS) is 27.3. The molecule has 2 aliphatic rings. The number of benzene rings is 1. The zero-order chi connectivity index (χ0) is 14.8. The molecular weight excluding hydrogens is 262 g/mol. The molecule has 2 unspecified atom stereocenters. The minimum atomic E-state index is 0.789. The Morgan fingerprint density at radius 2 is 2.14 bits per heavy atom. The third-order valence-electron chi connectivity index (χ3n) is 5.17. The van der Waals surface area contributed by atoms with Gasteiger partial charge in [-0.25, -0.2) is 0 Å². The molecule has 0 aromatic heterocycles. The van der Waals surface area contributed by atoms with E-state index in [-0.39, 0.29) is 0 Å². The van der Waals surface area contributed by atoms with E-state index in [0.29, 0.717) is 0 Å². The van der Waals surface area contributed by atoms with Gasteiger partial charge in [-0.05, 0) is 69.1 Å². The Morgan fingerprint density at radius 1 is 1.29 bits per heavy atom. The van der Waals surface area contributed by atoms with E-state index >= 15 is 0 Å². The van der Waals surface area contributed by atoms with Crippen LogP contribution in [0, 0.1) is 5.92 Å². The van der Waals surface area contributed by atoms with E-state index in [4.69, 9.17) is 10.5 Å². The van der Waals surface area contributed by atoms with Gasteiger partial charge in [-0.15, -0.1) is 0 Å². The monoisotopic (exact) mass is 289 g/mol. The van der Waals surface area contributed by atoms with Gasteiger partial charge in [0.25, 0.3) is 0 Å². The topological polar surface area (TPSA) is 41.7 Å². The van der Waals surface area contributed by atoms with Crippen molar-refractivity contribution >= 4 is 5.69 Å². The highest BCUT2D eigenvalue weighted by Crippen LogP contribution is 2.31. The van der Waals surface area contributed by atoms with Crippen LogP contribution in [0.1, 0.15) is 24.8 Å². The molecule has 2 aliphatic heterocycles. The molecule has 1 aromatic rings. The van der Waals surface area contributed by atoms with E-state index in [1.54, 1.807) is 7.11 Å². The van der Waals surface area contributed by atoms with Crippen molar-refractivity contribution in [3.63, 3.8) is 0 Å².